The van der Waals surface area contributed by atoms with Gasteiger partial charge in [-0.25, -0.2) is 0 Å². The van der Waals surface area contributed by atoms with Gasteiger partial charge in [0, 0.05) is 0 Å². The molecule has 0 radical (unpaired) electrons. The van der Waals surface area contributed by atoms with Crippen molar-refractivity contribution in [1.29, 1.82) is 0 Å². The van der Waals surface area contributed by atoms with E-state index in [0.29, 0.717) is 12.5 Å². The Hall–Kier alpha value is -0.530. The van der Waals surface area contributed by atoms with E-state index in [0.717, 1.165) is 0 Å². The summed E-state index contributed by atoms with van der Waals surface area (Å²) in [4.78, 5) is 10.4. The van der Waals surface area contributed by atoms with Gasteiger partial charge in [-0.05, 0) is 5.92 Å². The molecule has 0 spiro atoms. The van der Waals surface area contributed by atoms with Gasteiger partial charge in [-0.1, -0.05) is 13.8 Å². The summed E-state index contributed by atoms with van der Waals surface area (Å²) in [5.41, 5.74) is 0. The zero-order chi connectivity index (χ0) is 6.15. The van der Waals surface area contributed by atoms with Crippen LogP contribution >= 0.6 is 0 Å². The van der Waals surface area contributed by atoms with Gasteiger partial charge in [0.05, 0.1) is 5.92 Å². The molecule has 2 heteroatoms. The van der Waals surface area contributed by atoms with Gasteiger partial charge in [0.15, 0.2) is 0 Å². The van der Waals surface area contributed by atoms with E-state index >= 15 is 0 Å². The van der Waals surface area contributed by atoms with Crippen molar-refractivity contribution < 1.29 is 9.53 Å². The molecule has 0 N–H and O–H groups in total. The third-order valence-corrected chi connectivity index (χ3v) is 1.51. The molecule has 1 aliphatic heterocycles. The lowest BCUT2D eigenvalue weighted by atomic mass is 9.94. The highest BCUT2D eigenvalue weighted by Gasteiger charge is 2.32. The Bertz CT molecular complexity index is 107. The Morgan fingerprint density at radius 2 is 2.38 bits per heavy atom. The van der Waals surface area contributed by atoms with Crippen LogP contribution in [0.5, 0.6) is 0 Å². The molecule has 2 nitrogen and oxygen atoms in total. The number of cyclic esters (lactones) is 1. The van der Waals surface area contributed by atoms with Crippen molar-refractivity contribution in [3.05, 3.63) is 0 Å². The first-order valence-electron chi connectivity index (χ1n) is 2.88. The first kappa shape index (κ1) is 5.60. The normalized spacial score (nSPS) is 27.4. The lowest BCUT2D eigenvalue weighted by Crippen LogP contribution is -2.38. The lowest BCUT2D eigenvalue weighted by molar-refractivity contribution is -0.171. The summed E-state index contributed by atoms with van der Waals surface area (Å²) in [6, 6.07) is 0. The summed E-state index contributed by atoms with van der Waals surface area (Å²) in [6.07, 6.45) is 0. The molecule has 0 aromatic heterocycles. The second kappa shape index (κ2) is 1.77. The van der Waals surface area contributed by atoms with Crippen LogP contribution in [0.25, 0.3) is 0 Å². The fourth-order valence-corrected chi connectivity index (χ4v) is 0.712. The average Bonchev–Trinajstić information content (AvgIpc) is 1.61. The summed E-state index contributed by atoms with van der Waals surface area (Å²) >= 11 is 0. The van der Waals surface area contributed by atoms with E-state index in [1.54, 1.807) is 0 Å². The number of hydrogen-bond donors (Lipinski definition) is 0. The molecule has 0 saturated carbocycles. The molecule has 0 aliphatic carbocycles. The van der Waals surface area contributed by atoms with Gasteiger partial charge >= 0.3 is 5.97 Å². The minimum absolute atomic E-state index is 0.0278. The average molecular weight is 114 g/mol. The fraction of sp³-hybridized carbons (Fsp3) is 0.833. The Balaban J connectivity index is 2.37. The SMILES string of the molecule is CC(C)[C@H]1COC1=O. The minimum Gasteiger partial charge on any atom is -0.464 e. The number of carbonyl (C=O) groups is 1. The van der Waals surface area contributed by atoms with Gasteiger partial charge in [-0.15, -0.1) is 0 Å². The quantitative estimate of drug-likeness (QED) is 0.472. The molecular weight excluding hydrogens is 104 g/mol. The van der Waals surface area contributed by atoms with Crippen molar-refractivity contribution in [2.75, 3.05) is 6.61 Å². The van der Waals surface area contributed by atoms with Crippen LogP contribution in [0.15, 0.2) is 0 Å². The third kappa shape index (κ3) is 0.703. The van der Waals surface area contributed by atoms with E-state index < -0.39 is 0 Å². The standard InChI is InChI=1S/C6H10O2/c1-4(2)5-3-8-6(5)7/h4-5H,3H2,1-2H3/t5-/m1/s1. The van der Waals surface area contributed by atoms with E-state index in [9.17, 15) is 4.79 Å². The van der Waals surface area contributed by atoms with Gasteiger partial charge in [-0.3, -0.25) is 4.79 Å². The molecule has 0 aromatic carbocycles. The molecule has 8 heavy (non-hydrogen) atoms. The minimum atomic E-state index is -0.0278. The second-order valence-corrected chi connectivity index (χ2v) is 2.48. The molecule has 1 heterocycles. The maximum Gasteiger partial charge on any atom is 0.312 e. The van der Waals surface area contributed by atoms with E-state index in [-0.39, 0.29) is 11.9 Å². The molecule has 1 rings (SSSR count). The van der Waals surface area contributed by atoms with Crippen LogP contribution in [-0.4, -0.2) is 12.6 Å². The fourth-order valence-electron chi connectivity index (χ4n) is 0.712. The maximum absolute atomic E-state index is 10.4. The number of rotatable bonds is 1. The van der Waals surface area contributed by atoms with Crippen molar-refractivity contribution in [3.8, 4) is 0 Å². The summed E-state index contributed by atoms with van der Waals surface area (Å²) in [7, 11) is 0. The highest BCUT2D eigenvalue weighted by atomic mass is 16.6. The van der Waals surface area contributed by atoms with Crippen LogP contribution in [0.3, 0.4) is 0 Å². The van der Waals surface area contributed by atoms with Crippen molar-refractivity contribution in [2.24, 2.45) is 11.8 Å². The zero-order valence-electron chi connectivity index (χ0n) is 5.18. The first-order chi connectivity index (χ1) is 3.72. The number of esters is 1. The number of carbonyl (C=O) groups excluding carboxylic acids is 1. The molecule has 0 aromatic rings. The second-order valence-electron chi connectivity index (χ2n) is 2.48. The van der Waals surface area contributed by atoms with Crippen LogP contribution in [0.1, 0.15) is 13.8 Å². The van der Waals surface area contributed by atoms with Crippen LogP contribution in [0, 0.1) is 11.8 Å². The predicted molar refractivity (Wildman–Crippen MR) is 29.3 cm³/mol. The van der Waals surface area contributed by atoms with Gasteiger partial charge in [0.25, 0.3) is 0 Å². The first-order valence-corrected chi connectivity index (χ1v) is 2.88. The van der Waals surface area contributed by atoms with Crippen LogP contribution in [0.2, 0.25) is 0 Å². The summed E-state index contributed by atoms with van der Waals surface area (Å²) in [5.74, 6) is 0.617. The topological polar surface area (TPSA) is 26.3 Å². The molecule has 0 bridgehead atoms. The van der Waals surface area contributed by atoms with Crippen molar-refractivity contribution in [2.45, 2.75) is 13.8 Å². The lowest BCUT2D eigenvalue weighted by Gasteiger charge is -2.27. The highest BCUT2D eigenvalue weighted by Crippen LogP contribution is 2.20. The number of ether oxygens (including phenoxy) is 1. The Labute approximate surface area is 48.8 Å². The zero-order valence-corrected chi connectivity index (χ0v) is 5.18. The van der Waals surface area contributed by atoms with Gasteiger partial charge in [0.1, 0.15) is 6.61 Å². The highest BCUT2D eigenvalue weighted by molar-refractivity contribution is 5.77. The maximum atomic E-state index is 10.4. The van der Waals surface area contributed by atoms with Gasteiger partial charge in [-0.2, -0.15) is 0 Å². The van der Waals surface area contributed by atoms with Crippen molar-refractivity contribution in [3.63, 3.8) is 0 Å². The van der Waals surface area contributed by atoms with Crippen LogP contribution < -0.4 is 0 Å². The largest absolute Gasteiger partial charge is 0.464 e. The molecule has 1 fully saturated rings. The van der Waals surface area contributed by atoms with Crippen LogP contribution in [0.4, 0.5) is 0 Å². The summed E-state index contributed by atoms with van der Waals surface area (Å²) in [5, 5.41) is 0. The summed E-state index contributed by atoms with van der Waals surface area (Å²) in [6.45, 7) is 4.70. The Kier molecular flexibility index (Phi) is 1.24. The van der Waals surface area contributed by atoms with Crippen molar-refractivity contribution >= 4 is 5.97 Å². The Morgan fingerprint density at radius 3 is 2.38 bits per heavy atom. The van der Waals surface area contributed by atoms with E-state index in [2.05, 4.69) is 4.74 Å². The van der Waals surface area contributed by atoms with E-state index in [4.69, 9.17) is 0 Å². The molecule has 0 amide bonds. The smallest absolute Gasteiger partial charge is 0.312 e. The Morgan fingerprint density at radius 1 is 1.75 bits per heavy atom. The van der Waals surface area contributed by atoms with Gasteiger partial charge < -0.3 is 4.74 Å². The molecule has 1 saturated heterocycles. The van der Waals surface area contributed by atoms with E-state index in [1.165, 1.54) is 0 Å². The van der Waals surface area contributed by atoms with Gasteiger partial charge in [0.2, 0.25) is 0 Å². The molecule has 1 aliphatic rings. The third-order valence-electron chi connectivity index (χ3n) is 1.51. The molecule has 46 valence electrons. The summed E-state index contributed by atoms with van der Waals surface area (Å²) < 4.78 is 4.57. The monoisotopic (exact) mass is 114 g/mol. The predicted octanol–water partition coefficient (Wildman–Crippen LogP) is 0.815. The van der Waals surface area contributed by atoms with Crippen molar-refractivity contribution in [1.82, 2.24) is 0 Å². The molecule has 1 atom stereocenters. The number of hydrogen-bond acceptors (Lipinski definition) is 2. The molecular formula is C6H10O2. The van der Waals surface area contributed by atoms with Crippen LogP contribution in [-0.2, 0) is 9.53 Å². The molecule has 0 unspecified atom stereocenters. The van der Waals surface area contributed by atoms with E-state index in [1.807, 2.05) is 13.8 Å².